The number of carbonyl (C=O) groups excluding carboxylic acids is 1. The molecule has 0 aliphatic carbocycles. The van der Waals surface area contributed by atoms with Crippen molar-refractivity contribution >= 4 is 5.91 Å². The van der Waals surface area contributed by atoms with Gasteiger partial charge in [-0.3, -0.25) is 14.5 Å². The van der Waals surface area contributed by atoms with Gasteiger partial charge in [-0.15, -0.1) is 0 Å². The van der Waals surface area contributed by atoms with Crippen LogP contribution in [0.25, 0.3) is 0 Å². The molecule has 0 saturated carbocycles. The third kappa shape index (κ3) is 4.36. The number of amides is 1. The average Bonchev–Trinajstić information content (AvgIpc) is 2.61. The number of hydrogen-bond acceptors (Lipinski definition) is 5. The molecule has 6 nitrogen and oxygen atoms in total. The molecule has 1 aliphatic heterocycles. The Bertz CT molecular complexity index is 527. The summed E-state index contributed by atoms with van der Waals surface area (Å²) in [6.07, 6.45) is 1.70. The molecule has 0 atom stereocenters. The van der Waals surface area contributed by atoms with E-state index in [1.54, 1.807) is 21.3 Å². The number of carbonyl (C=O) groups is 1. The largest absolute Gasteiger partial charge is 0.497 e. The number of benzene rings is 1. The molecule has 23 heavy (non-hydrogen) atoms. The van der Waals surface area contributed by atoms with Crippen LogP contribution in [0.2, 0.25) is 0 Å². The molecule has 0 spiro atoms. The minimum absolute atomic E-state index is 0.0500. The first kappa shape index (κ1) is 17.6. The van der Waals surface area contributed by atoms with Crippen LogP contribution in [0.3, 0.4) is 0 Å². The van der Waals surface area contributed by atoms with Gasteiger partial charge in [0.2, 0.25) is 5.91 Å². The van der Waals surface area contributed by atoms with Crippen molar-refractivity contribution in [1.82, 2.24) is 9.96 Å². The van der Waals surface area contributed by atoms with E-state index in [2.05, 4.69) is 4.90 Å². The quantitative estimate of drug-likeness (QED) is 0.749. The summed E-state index contributed by atoms with van der Waals surface area (Å²) in [7, 11) is 6.50. The molecule has 1 fully saturated rings. The van der Waals surface area contributed by atoms with Gasteiger partial charge in [-0.2, -0.15) is 0 Å². The maximum absolute atomic E-state index is 12.1. The molecule has 0 unspecified atom stereocenters. The zero-order chi connectivity index (χ0) is 16.8. The average molecular weight is 322 g/mol. The summed E-state index contributed by atoms with van der Waals surface area (Å²) in [5.74, 6) is 1.74. The SMILES string of the molecule is COc1ccc(CN2CCC(C(=O)N(C)OC)CC2)c(OC)c1. The normalized spacial score (nSPS) is 16.2. The summed E-state index contributed by atoms with van der Waals surface area (Å²) < 4.78 is 10.7. The molecule has 1 amide bonds. The Hall–Kier alpha value is -1.79. The van der Waals surface area contributed by atoms with Gasteiger partial charge in [-0.25, -0.2) is 5.06 Å². The molecule has 1 heterocycles. The Balaban J connectivity index is 1.93. The molecule has 1 aromatic rings. The monoisotopic (exact) mass is 322 g/mol. The van der Waals surface area contributed by atoms with E-state index in [1.807, 2.05) is 18.2 Å². The van der Waals surface area contributed by atoms with Crippen molar-refractivity contribution in [2.24, 2.45) is 5.92 Å². The third-order valence-corrected chi connectivity index (χ3v) is 4.41. The number of hydrogen-bond donors (Lipinski definition) is 0. The van der Waals surface area contributed by atoms with Crippen LogP contribution in [0.1, 0.15) is 18.4 Å². The van der Waals surface area contributed by atoms with Crippen molar-refractivity contribution in [3.8, 4) is 11.5 Å². The van der Waals surface area contributed by atoms with E-state index in [4.69, 9.17) is 14.3 Å². The van der Waals surface area contributed by atoms with Crippen molar-refractivity contribution in [2.45, 2.75) is 19.4 Å². The predicted molar refractivity (Wildman–Crippen MR) is 87.3 cm³/mol. The number of hydroxylamine groups is 2. The van der Waals surface area contributed by atoms with Crippen LogP contribution in [-0.2, 0) is 16.2 Å². The van der Waals surface area contributed by atoms with Crippen molar-refractivity contribution in [2.75, 3.05) is 41.5 Å². The number of piperidine rings is 1. The topological polar surface area (TPSA) is 51.2 Å². The molecule has 0 aromatic heterocycles. The predicted octanol–water partition coefficient (Wildman–Crippen LogP) is 1.94. The second kappa shape index (κ2) is 8.17. The van der Waals surface area contributed by atoms with E-state index in [9.17, 15) is 4.79 Å². The summed E-state index contributed by atoms with van der Waals surface area (Å²) in [4.78, 5) is 19.4. The molecule has 6 heteroatoms. The lowest BCUT2D eigenvalue weighted by Crippen LogP contribution is -2.40. The van der Waals surface area contributed by atoms with Gasteiger partial charge in [0.05, 0.1) is 21.3 Å². The smallest absolute Gasteiger partial charge is 0.249 e. The van der Waals surface area contributed by atoms with Crippen LogP contribution in [0.4, 0.5) is 0 Å². The highest BCUT2D eigenvalue weighted by Gasteiger charge is 2.27. The van der Waals surface area contributed by atoms with Gasteiger partial charge < -0.3 is 9.47 Å². The van der Waals surface area contributed by atoms with Crippen LogP contribution >= 0.6 is 0 Å². The van der Waals surface area contributed by atoms with Crippen molar-refractivity contribution in [3.05, 3.63) is 23.8 Å². The zero-order valence-corrected chi connectivity index (χ0v) is 14.4. The van der Waals surface area contributed by atoms with Crippen LogP contribution < -0.4 is 9.47 Å². The summed E-state index contributed by atoms with van der Waals surface area (Å²) in [6.45, 7) is 2.60. The first-order valence-electron chi connectivity index (χ1n) is 7.84. The summed E-state index contributed by atoms with van der Waals surface area (Å²) >= 11 is 0. The molecule has 1 aliphatic rings. The van der Waals surface area contributed by atoms with Gasteiger partial charge >= 0.3 is 0 Å². The van der Waals surface area contributed by atoms with Gasteiger partial charge in [0.1, 0.15) is 11.5 Å². The summed E-state index contributed by atoms with van der Waals surface area (Å²) in [6, 6.07) is 5.88. The second-order valence-electron chi connectivity index (χ2n) is 5.75. The lowest BCUT2D eigenvalue weighted by molar-refractivity contribution is -0.174. The summed E-state index contributed by atoms with van der Waals surface area (Å²) in [5.41, 5.74) is 1.13. The van der Waals surface area contributed by atoms with Crippen molar-refractivity contribution in [3.63, 3.8) is 0 Å². The fraction of sp³-hybridized carbons (Fsp3) is 0.588. The van der Waals surface area contributed by atoms with Gasteiger partial charge in [0.15, 0.2) is 0 Å². The van der Waals surface area contributed by atoms with Crippen LogP contribution in [0.5, 0.6) is 11.5 Å². The lowest BCUT2D eigenvalue weighted by Gasteiger charge is -2.32. The van der Waals surface area contributed by atoms with Gasteiger partial charge in [0.25, 0.3) is 0 Å². The number of rotatable bonds is 6. The first-order valence-corrected chi connectivity index (χ1v) is 7.84. The molecule has 0 radical (unpaired) electrons. The van der Waals surface area contributed by atoms with E-state index in [1.165, 1.54) is 12.2 Å². The number of likely N-dealkylation sites (tertiary alicyclic amines) is 1. The fourth-order valence-electron chi connectivity index (χ4n) is 2.91. The standard InChI is InChI=1S/C17H26N2O4/c1-18(23-4)17(20)13-7-9-19(10-8-13)12-14-5-6-15(21-2)11-16(14)22-3/h5-6,11,13H,7-10,12H2,1-4H3. The molecule has 2 rings (SSSR count). The highest BCUT2D eigenvalue weighted by molar-refractivity contribution is 5.77. The van der Waals surface area contributed by atoms with E-state index < -0.39 is 0 Å². The highest BCUT2D eigenvalue weighted by Crippen LogP contribution is 2.27. The molecular formula is C17H26N2O4. The molecule has 0 N–H and O–H groups in total. The minimum atomic E-state index is 0.0500. The molecule has 0 bridgehead atoms. The molecular weight excluding hydrogens is 296 g/mol. The first-order chi connectivity index (χ1) is 11.1. The number of ether oxygens (including phenoxy) is 2. The van der Waals surface area contributed by atoms with Gasteiger partial charge in [0, 0.05) is 31.1 Å². The van der Waals surface area contributed by atoms with E-state index in [0.29, 0.717) is 0 Å². The Morgan fingerprint density at radius 2 is 1.91 bits per heavy atom. The van der Waals surface area contributed by atoms with E-state index in [0.717, 1.165) is 49.5 Å². The maximum atomic E-state index is 12.1. The van der Waals surface area contributed by atoms with Crippen LogP contribution in [-0.4, -0.2) is 57.3 Å². The molecule has 1 aromatic carbocycles. The Morgan fingerprint density at radius 1 is 1.22 bits per heavy atom. The Morgan fingerprint density at radius 3 is 2.48 bits per heavy atom. The fourth-order valence-corrected chi connectivity index (χ4v) is 2.91. The number of methoxy groups -OCH3 is 2. The summed E-state index contributed by atoms with van der Waals surface area (Å²) in [5, 5.41) is 1.33. The molecule has 128 valence electrons. The Labute approximate surface area is 137 Å². The highest BCUT2D eigenvalue weighted by atomic mass is 16.7. The second-order valence-corrected chi connectivity index (χ2v) is 5.75. The maximum Gasteiger partial charge on any atom is 0.249 e. The van der Waals surface area contributed by atoms with E-state index >= 15 is 0 Å². The van der Waals surface area contributed by atoms with Crippen molar-refractivity contribution in [1.29, 1.82) is 0 Å². The van der Waals surface area contributed by atoms with Gasteiger partial charge in [-0.05, 0) is 32.0 Å². The zero-order valence-electron chi connectivity index (χ0n) is 14.4. The van der Waals surface area contributed by atoms with E-state index in [-0.39, 0.29) is 11.8 Å². The van der Waals surface area contributed by atoms with Gasteiger partial charge in [-0.1, -0.05) is 6.07 Å². The lowest BCUT2D eigenvalue weighted by atomic mass is 9.95. The van der Waals surface area contributed by atoms with Crippen LogP contribution in [0, 0.1) is 5.92 Å². The third-order valence-electron chi connectivity index (χ3n) is 4.41. The number of nitrogens with zero attached hydrogens (tertiary/aromatic N) is 2. The van der Waals surface area contributed by atoms with Crippen LogP contribution in [0.15, 0.2) is 18.2 Å². The molecule has 1 saturated heterocycles. The minimum Gasteiger partial charge on any atom is -0.497 e. The van der Waals surface area contributed by atoms with Crippen molar-refractivity contribution < 1.29 is 19.1 Å². The Kier molecular flexibility index (Phi) is 6.24.